The summed E-state index contributed by atoms with van der Waals surface area (Å²) in [5.74, 6) is 0.535. The van der Waals surface area contributed by atoms with E-state index in [9.17, 15) is 5.11 Å². The molecule has 0 radical (unpaired) electrons. The third kappa shape index (κ3) is 6.02. The van der Waals surface area contributed by atoms with Gasteiger partial charge < -0.3 is 20.3 Å². The second-order valence-corrected chi connectivity index (χ2v) is 6.49. The molecule has 1 saturated heterocycles. The highest BCUT2D eigenvalue weighted by Gasteiger charge is 2.15. The molecule has 0 aromatic carbocycles. The molecule has 0 spiro atoms. The highest BCUT2D eigenvalue weighted by molar-refractivity contribution is 5.67. The zero-order valence-corrected chi connectivity index (χ0v) is 15.4. The van der Waals surface area contributed by atoms with E-state index >= 15 is 0 Å². The van der Waals surface area contributed by atoms with Crippen molar-refractivity contribution in [3.8, 4) is 6.01 Å². The number of nitrogens with one attached hydrogen (secondary N) is 1. The van der Waals surface area contributed by atoms with Gasteiger partial charge in [-0.25, -0.2) is 0 Å². The molecule has 2 atom stereocenters. The van der Waals surface area contributed by atoms with Gasteiger partial charge in [0.05, 0.1) is 19.3 Å². The summed E-state index contributed by atoms with van der Waals surface area (Å²) in [6.07, 6.45) is 6.62. The van der Waals surface area contributed by atoms with Crippen LogP contribution < -0.4 is 15.9 Å². The highest BCUT2D eigenvalue weighted by atomic mass is 16.5. The van der Waals surface area contributed by atoms with Crippen LogP contribution in [0.15, 0.2) is 35.0 Å². The number of anilines is 2. The van der Waals surface area contributed by atoms with Crippen molar-refractivity contribution in [2.45, 2.75) is 13.0 Å². The van der Waals surface area contributed by atoms with Gasteiger partial charge in [-0.1, -0.05) is 23.8 Å². The zero-order valence-electron chi connectivity index (χ0n) is 15.4. The van der Waals surface area contributed by atoms with Crippen LogP contribution in [0.3, 0.4) is 0 Å². The Hall–Kier alpha value is -2.49. The third-order valence-electron chi connectivity index (χ3n) is 4.30. The summed E-state index contributed by atoms with van der Waals surface area (Å²) in [6.45, 7) is 6.53. The van der Waals surface area contributed by atoms with Crippen LogP contribution in [0, 0.1) is 5.92 Å². The number of hydrazone groups is 1. The smallest absolute Gasteiger partial charge is 0.320 e. The second-order valence-electron chi connectivity index (χ2n) is 6.49. The van der Waals surface area contributed by atoms with Crippen molar-refractivity contribution in [2.75, 3.05) is 50.6 Å². The molecule has 2 aliphatic rings. The molecule has 1 aromatic rings. The number of ether oxygens (including phenoxy) is 2. The summed E-state index contributed by atoms with van der Waals surface area (Å²) < 4.78 is 10.9. The number of hydrogen-bond donors (Lipinski definition) is 3. The first kappa shape index (κ1) is 19.3. The van der Waals surface area contributed by atoms with E-state index < -0.39 is 6.10 Å². The predicted molar refractivity (Wildman–Crippen MR) is 104 cm³/mol. The molecule has 2 unspecified atom stereocenters. The Kier molecular flexibility index (Phi) is 6.74. The fourth-order valence-corrected chi connectivity index (χ4v) is 2.81. The Labute approximate surface area is 158 Å². The van der Waals surface area contributed by atoms with Crippen LogP contribution in [0.5, 0.6) is 6.01 Å². The number of rotatable bonds is 7. The molecular weight excluding hydrogens is 348 g/mol. The summed E-state index contributed by atoms with van der Waals surface area (Å²) in [6, 6.07) is 1.78. The van der Waals surface area contributed by atoms with Crippen molar-refractivity contribution in [1.29, 1.82) is 0 Å². The van der Waals surface area contributed by atoms with Gasteiger partial charge in [0, 0.05) is 37.8 Å². The van der Waals surface area contributed by atoms with Gasteiger partial charge in [0.25, 0.3) is 0 Å². The average molecular weight is 374 g/mol. The maximum absolute atomic E-state index is 9.95. The van der Waals surface area contributed by atoms with E-state index in [1.807, 2.05) is 19.1 Å². The average Bonchev–Trinajstić information content (AvgIpc) is 2.65. The predicted octanol–water partition coefficient (Wildman–Crippen LogP) is 0.661. The molecule has 1 aliphatic carbocycles. The van der Waals surface area contributed by atoms with Crippen LogP contribution in [0.4, 0.5) is 11.6 Å². The lowest BCUT2D eigenvalue weighted by Crippen LogP contribution is -2.38. The van der Waals surface area contributed by atoms with Crippen molar-refractivity contribution < 1.29 is 14.6 Å². The molecular formula is C18H26N6O3. The lowest BCUT2D eigenvalue weighted by molar-refractivity contribution is 0.0317. The van der Waals surface area contributed by atoms with Gasteiger partial charge in [-0.2, -0.15) is 15.1 Å². The van der Waals surface area contributed by atoms with Gasteiger partial charge in [-0.05, 0) is 6.92 Å². The van der Waals surface area contributed by atoms with E-state index in [0.29, 0.717) is 18.2 Å². The first-order chi connectivity index (χ1) is 13.1. The lowest BCUT2D eigenvalue weighted by Gasteiger charge is -2.26. The molecule has 146 valence electrons. The monoisotopic (exact) mass is 374 g/mol. The largest absolute Gasteiger partial charge is 0.462 e. The summed E-state index contributed by atoms with van der Waals surface area (Å²) in [4.78, 5) is 10.6. The number of aliphatic hydroxyl groups excluding tert-OH is 1. The standard InChI is InChI=1S/C18H26N6O3/c1-13-2-3-15(25)14(10-13)12-20-23-17-11-16(19)21-18(22-17)27-9-6-24-4-7-26-8-5-24/h2-3,10-12,14-15,25H,4-9H2,1H3,(H3,19,21,22,23)/b20-12+. The molecule has 0 bridgehead atoms. The fraction of sp³-hybridized carbons (Fsp3) is 0.500. The van der Waals surface area contributed by atoms with Gasteiger partial charge in [-0.3, -0.25) is 10.3 Å². The van der Waals surface area contributed by atoms with E-state index in [1.54, 1.807) is 18.4 Å². The van der Waals surface area contributed by atoms with Gasteiger partial charge >= 0.3 is 6.01 Å². The molecule has 9 heteroatoms. The maximum Gasteiger partial charge on any atom is 0.320 e. The molecule has 27 heavy (non-hydrogen) atoms. The number of nitrogen functional groups attached to an aromatic ring is 1. The van der Waals surface area contributed by atoms with Crippen LogP contribution >= 0.6 is 0 Å². The summed E-state index contributed by atoms with van der Waals surface area (Å²) in [5.41, 5.74) is 9.72. The molecule has 0 amide bonds. The Morgan fingerprint density at radius 2 is 2.26 bits per heavy atom. The molecule has 1 fully saturated rings. The second kappa shape index (κ2) is 9.45. The summed E-state index contributed by atoms with van der Waals surface area (Å²) in [5, 5.41) is 14.1. The summed E-state index contributed by atoms with van der Waals surface area (Å²) in [7, 11) is 0. The van der Waals surface area contributed by atoms with Crippen molar-refractivity contribution in [3.05, 3.63) is 29.9 Å². The van der Waals surface area contributed by atoms with Crippen LogP contribution in [0.2, 0.25) is 0 Å². The lowest BCUT2D eigenvalue weighted by atomic mass is 9.95. The topological polar surface area (TPSA) is 118 Å². The molecule has 9 nitrogen and oxygen atoms in total. The van der Waals surface area contributed by atoms with E-state index in [0.717, 1.165) is 38.4 Å². The minimum atomic E-state index is -0.589. The quantitative estimate of drug-likeness (QED) is 0.471. The van der Waals surface area contributed by atoms with E-state index in [4.69, 9.17) is 15.2 Å². The number of aliphatic hydroxyl groups is 1. The first-order valence-electron chi connectivity index (χ1n) is 9.01. The SMILES string of the molecule is CC1=CC(/C=N/Nc2cc(N)nc(OCCN3CCOCC3)n2)C(O)C=C1. The Balaban J connectivity index is 1.52. The van der Waals surface area contributed by atoms with Crippen LogP contribution in [0.1, 0.15) is 6.92 Å². The number of allylic oxidation sites excluding steroid dienone is 2. The number of morpholine rings is 1. The first-order valence-corrected chi connectivity index (χ1v) is 9.01. The molecule has 1 aliphatic heterocycles. The Morgan fingerprint density at radius 3 is 3.07 bits per heavy atom. The van der Waals surface area contributed by atoms with E-state index in [-0.39, 0.29) is 11.9 Å². The number of nitrogens with zero attached hydrogens (tertiary/aromatic N) is 4. The van der Waals surface area contributed by atoms with Crippen LogP contribution in [-0.2, 0) is 4.74 Å². The van der Waals surface area contributed by atoms with E-state index in [1.165, 1.54) is 0 Å². The molecule has 0 saturated carbocycles. The summed E-state index contributed by atoms with van der Waals surface area (Å²) >= 11 is 0. The van der Waals surface area contributed by atoms with Gasteiger partial charge in [-0.15, -0.1) is 0 Å². The minimum absolute atomic E-state index is 0.189. The Bertz CT molecular complexity index is 715. The fourth-order valence-electron chi connectivity index (χ4n) is 2.81. The molecule has 3 rings (SSSR count). The van der Waals surface area contributed by atoms with Crippen molar-refractivity contribution in [1.82, 2.24) is 14.9 Å². The normalized spacial score (nSPS) is 23.4. The van der Waals surface area contributed by atoms with Crippen LogP contribution in [-0.4, -0.2) is 71.7 Å². The van der Waals surface area contributed by atoms with Crippen LogP contribution in [0.25, 0.3) is 0 Å². The van der Waals surface area contributed by atoms with Crippen molar-refractivity contribution in [3.63, 3.8) is 0 Å². The van der Waals surface area contributed by atoms with Gasteiger partial charge in [0.1, 0.15) is 12.4 Å². The number of aromatic nitrogens is 2. The van der Waals surface area contributed by atoms with Gasteiger partial charge in [0.2, 0.25) is 0 Å². The maximum atomic E-state index is 9.95. The highest BCUT2D eigenvalue weighted by Crippen LogP contribution is 2.16. The number of hydrogen-bond acceptors (Lipinski definition) is 9. The van der Waals surface area contributed by atoms with E-state index in [2.05, 4.69) is 25.4 Å². The Morgan fingerprint density at radius 1 is 1.44 bits per heavy atom. The minimum Gasteiger partial charge on any atom is -0.462 e. The molecule has 4 N–H and O–H groups in total. The third-order valence-corrected chi connectivity index (χ3v) is 4.30. The number of nitrogens with two attached hydrogens (primary N) is 1. The van der Waals surface area contributed by atoms with Crippen molar-refractivity contribution >= 4 is 17.9 Å². The zero-order chi connectivity index (χ0) is 19.1. The molecule has 1 aromatic heterocycles. The van der Waals surface area contributed by atoms with Crippen molar-refractivity contribution in [2.24, 2.45) is 11.0 Å². The molecule has 2 heterocycles. The van der Waals surface area contributed by atoms with Gasteiger partial charge in [0.15, 0.2) is 5.82 Å².